The molecule has 0 aliphatic carbocycles. The molecule has 0 saturated carbocycles. The van der Waals surface area contributed by atoms with Gasteiger partial charge in [-0.05, 0) is 54.5 Å². The number of methoxy groups -OCH3 is 1. The number of rotatable bonds is 6. The first-order chi connectivity index (χ1) is 11.0. The molecule has 2 aromatic carbocycles. The second kappa shape index (κ2) is 7.49. The van der Waals surface area contributed by atoms with Crippen LogP contribution in [0.1, 0.15) is 34.8 Å². The van der Waals surface area contributed by atoms with E-state index in [0.29, 0.717) is 11.3 Å². The second-order valence-electron chi connectivity index (χ2n) is 5.22. The van der Waals surface area contributed by atoms with E-state index in [4.69, 9.17) is 4.74 Å². The van der Waals surface area contributed by atoms with E-state index in [1.165, 1.54) is 25.3 Å². The van der Waals surface area contributed by atoms with Crippen molar-refractivity contribution in [2.45, 2.75) is 19.8 Å². The molecule has 0 spiro atoms. The number of benzene rings is 2. The Morgan fingerprint density at radius 3 is 2.48 bits per heavy atom. The molecule has 2 rings (SSSR count). The van der Waals surface area contributed by atoms with E-state index in [9.17, 15) is 15.0 Å². The van der Waals surface area contributed by atoms with Crippen LogP contribution in [0.2, 0.25) is 0 Å². The molecule has 4 nitrogen and oxygen atoms in total. The topological polar surface area (TPSA) is 66.8 Å². The van der Waals surface area contributed by atoms with Gasteiger partial charge in [0.2, 0.25) is 0 Å². The molecule has 0 aromatic heterocycles. The summed E-state index contributed by atoms with van der Waals surface area (Å²) in [7, 11) is 1.52. The molecule has 0 atom stereocenters. The number of phenolic OH excluding ortho intramolecular Hbond substituents is 2. The molecule has 0 aliphatic rings. The maximum absolute atomic E-state index is 12.1. The van der Waals surface area contributed by atoms with E-state index < -0.39 is 0 Å². The van der Waals surface area contributed by atoms with Crippen molar-refractivity contribution in [1.29, 1.82) is 0 Å². The molecule has 0 unspecified atom stereocenters. The second-order valence-corrected chi connectivity index (χ2v) is 5.22. The monoisotopic (exact) mass is 312 g/mol. The van der Waals surface area contributed by atoms with Crippen molar-refractivity contribution in [2.24, 2.45) is 0 Å². The predicted octanol–water partition coefficient (Wildman–Crippen LogP) is 3.96. The summed E-state index contributed by atoms with van der Waals surface area (Å²) in [6.07, 6.45) is 4.79. The van der Waals surface area contributed by atoms with Gasteiger partial charge in [-0.15, -0.1) is 0 Å². The highest BCUT2D eigenvalue weighted by atomic mass is 16.5. The van der Waals surface area contributed by atoms with Gasteiger partial charge in [-0.2, -0.15) is 0 Å². The minimum Gasteiger partial charge on any atom is -0.508 e. The minimum atomic E-state index is -0.169. The maximum Gasteiger partial charge on any atom is 0.185 e. The van der Waals surface area contributed by atoms with E-state index in [2.05, 4.69) is 0 Å². The zero-order valence-electron chi connectivity index (χ0n) is 13.2. The van der Waals surface area contributed by atoms with Gasteiger partial charge in [0.1, 0.15) is 17.2 Å². The third kappa shape index (κ3) is 4.13. The zero-order valence-corrected chi connectivity index (χ0v) is 13.2. The number of ketones is 1. The number of hydrogen-bond donors (Lipinski definition) is 2. The normalized spacial score (nSPS) is 10.9. The molecule has 0 saturated heterocycles. The van der Waals surface area contributed by atoms with Crippen LogP contribution in [0.5, 0.6) is 17.2 Å². The third-order valence-electron chi connectivity index (χ3n) is 3.52. The summed E-state index contributed by atoms with van der Waals surface area (Å²) in [6, 6.07) is 9.48. The van der Waals surface area contributed by atoms with Crippen LogP contribution in [0.4, 0.5) is 0 Å². The predicted molar refractivity (Wildman–Crippen MR) is 90.1 cm³/mol. The lowest BCUT2D eigenvalue weighted by Gasteiger charge is -2.10. The average Bonchev–Trinajstić information content (AvgIpc) is 2.55. The SMILES string of the molecule is CCCc1cc(/C=C/C(=O)c2ccc(O)cc2)c(OC)cc1O. The number of carbonyl (C=O) groups excluding carboxylic acids is 1. The first-order valence-corrected chi connectivity index (χ1v) is 7.46. The number of hydrogen-bond acceptors (Lipinski definition) is 4. The van der Waals surface area contributed by atoms with E-state index in [0.717, 1.165) is 24.0 Å². The van der Waals surface area contributed by atoms with Crippen LogP contribution in [0.3, 0.4) is 0 Å². The largest absolute Gasteiger partial charge is 0.508 e. The van der Waals surface area contributed by atoms with Crippen molar-refractivity contribution in [3.05, 3.63) is 59.2 Å². The standard InChI is InChI=1S/C19H20O4/c1-3-4-14-11-15(19(23-2)12-18(14)22)7-10-17(21)13-5-8-16(20)9-6-13/h5-12,20,22H,3-4H2,1-2H3/b10-7+. The number of allylic oxidation sites excluding steroid dienone is 1. The summed E-state index contributed by atoms with van der Waals surface area (Å²) in [6.45, 7) is 2.04. The Kier molecular flexibility index (Phi) is 5.41. The molecule has 2 N–H and O–H groups in total. The van der Waals surface area contributed by atoms with Gasteiger partial charge in [-0.25, -0.2) is 0 Å². The molecular formula is C19H20O4. The molecule has 2 aromatic rings. The van der Waals surface area contributed by atoms with Crippen molar-refractivity contribution in [2.75, 3.05) is 7.11 Å². The number of aryl methyl sites for hydroxylation is 1. The summed E-state index contributed by atoms with van der Waals surface area (Å²) in [5.41, 5.74) is 2.05. The van der Waals surface area contributed by atoms with Gasteiger partial charge in [-0.1, -0.05) is 13.3 Å². The molecule has 23 heavy (non-hydrogen) atoms. The first kappa shape index (κ1) is 16.6. The van der Waals surface area contributed by atoms with Gasteiger partial charge in [0.25, 0.3) is 0 Å². The van der Waals surface area contributed by atoms with Crippen LogP contribution in [0.15, 0.2) is 42.5 Å². The Labute approximate surface area is 135 Å². The Bertz CT molecular complexity index is 715. The van der Waals surface area contributed by atoms with E-state index >= 15 is 0 Å². The number of ether oxygens (including phenoxy) is 1. The quantitative estimate of drug-likeness (QED) is 0.626. The van der Waals surface area contributed by atoms with Crippen molar-refractivity contribution in [3.63, 3.8) is 0 Å². The van der Waals surface area contributed by atoms with E-state index in [1.807, 2.05) is 13.0 Å². The van der Waals surface area contributed by atoms with Crippen LogP contribution in [0.25, 0.3) is 6.08 Å². The fraction of sp³-hybridized carbons (Fsp3) is 0.211. The summed E-state index contributed by atoms with van der Waals surface area (Å²) in [5, 5.41) is 19.2. The molecule has 0 bridgehead atoms. The summed E-state index contributed by atoms with van der Waals surface area (Å²) in [4.78, 5) is 12.1. The van der Waals surface area contributed by atoms with Gasteiger partial charge in [0.15, 0.2) is 5.78 Å². The van der Waals surface area contributed by atoms with Gasteiger partial charge in [0, 0.05) is 17.2 Å². The fourth-order valence-corrected chi connectivity index (χ4v) is 2.30. The average molecular weight is 312 g/mol. The molecule has 0 fully saturated rings. The highest BCUT2D eigenvalue weighted by molar-refractivity contribution is 6.07. The van der Waals surface area contributed by atoms with Crippen molar-refractivity contribution in [1.82, 2.24) is 0 Å². The highest BCUT2D eigenvalue weighted by Crippen LogP contribution is 2.30. The summed E-state index contributed by atoms with van der Waals surface area (Å²) >= 11 is 0. The van der Waals surface area contributed by atoms with Crippen molar-refractivity contribution < 1.29 is 19.7 Å². The van der Waals surface area contributed by atoms with Crippen LogP contribution < -0.4 is 4.74 Å². The van der Waals surface area contributed by atoms with Crippen LogP contribution in [-0.4, -0.2) is 23.1 Å². The van der Waals surface area contributed by atoms with Gasteiger partial charge in [0.05, 0.1) is 7.11 Å². The minimum absolute atomic E-state index is 0.120. The van der Waals surface area contributed by atoms with Crippen LogP contribution in [0, 0.1) is 0 Å². The van der Waals surface area contributed by atoms with Crippen LogP contribution >= 0.6 is 0 Å². The van der Waals surface area contributed by atoms with Crippen molar-refractivity contribution in [3.8, 4) is 17.2 Å². The van der Waals surface area contributed by atoms with Gasteiger partial charge < -0.3 is 14.9 Å². The smallest absolute Gasteiger partial charge is 0.185 e. The molecule has 4 heteroatoms. The molecule has 0 heterocycles. The lowest BCUT2D eigenvalue weighted by atomic mass is 10.0. The molecule has 120 valence electrons. The Balaban J connectivity index is 2.28. The third-order valence-corrected chi connectivity index (χ3v) is 3.52. The first-order valence-electron chi connectivity index (χ1n) is 7.46. The van der Waals surface area contributed by atoms with Gasteiger partial charge >= 0.3 is 0 Å². The highest BCUT2D eigenvalue weighted by Gasteiger charge is 2.08. The molecule has 0 aliphatic heterocycles. The number of phenols is 2. The summed E-state index contributed by atoms with van der Waals surface area (Å²) < 4.78 is 5.26. The maximum atomic E-state index is 12.1. The van der Waals surface area contributed by atoms with Crippen LogP contribution in [-0.2, 0) is 6.42 Å². The Morgan fingerprint density at radius 2 is 1.87 bits per heavy atom. The van der Waals surface area contributed by atoms with E-state index in [1.54, 1.807) is 24.3 Å². The number of aromatic hydroxyl groups is 2. The summed E-state index contributed by atoms with van der Waals surface area (Å²) in [5.74, 6) is 0.662. The van der Waals surface area contributed by atoms with Gasteiger partial charge in [-0.3, -0.25) is 4.79 Å². The lowest BCUT2D eigenvalue weighted by Crippen LogP contribution is -1.95. The zero-order chi connectivity index (χ0) is 16.8. The van der Waals surface area contributed by atoms with Crippen molar-refractivity contribution >= 4 is 11.9 Å². The number of carbonyl (C=O) groups is 1. The Hall–Kier alpha value is -2.75. The molecular weight excluding hydrogens is 292 g/mol. The lowest BCUT2D eigenvalue weighted by molar-refractivity contribution is 0.104. The van der Waals surface area contributed by atoms with E-state index in [-0.39, 0.29) is 17.3 Å². The molecule has 0 amide bonds. The Morgan fingerprint density at radius 1 is 1.17 bits per heavy atom. The molecule has 0 radical (unpaired) electrons. The fourth-order valence-electron chi connectivity index (χ4n) is 2.30.